The van der Waals surface area contributed by atoms with Gasteiger partial charge in [-0.15, -0.1) is 0 Å². The first-order valence-corrected chi connectivity index (χ1v) is 6.19. The van der Waals surface area contributed by atoms with Crippen molar-refractivity contribution in [3.8, 4) is 0 Å². The van der Waals surface area contributed by atoms with Crippen molar-refractivity contribution in [1.82, 2.24) is 0 Å². The van der Waals surface area contributed by atoms with Crippen molar-refractivity contribution in [2.45, 2.75) is 39.4 Å². The zero-order valence-corrected chi connectivity index (χ0v) is 11.2. The fourth-order valence-electron chi connectivity index (χ4n) is 1.83. The highest BCUT2D eigenvalue weighted by molar-refractivity contribution is 5.85. The molecule has 0 spiro atoms. The summed E-state index contributed by atoms with van der Waals surface area (Å²) in [6, 6.07) is 0. The van der Waals surface area contributed by atoms with Crippen LogP contribution in [0, 0.1) is 5.92 Å². The molecule has 0 N–H and O–H groups in total. The molecule has 0 radical (unpaired) electrons. The van der Waals surface area contributed by atoms with Crippen molar-refractivity contribution in [2.24, 2.45) is 5.92 Å². The van der Waals surface area contributed by atoms with Crippen molar-refractivity contribution in [1.29, 1.82) is 0 Å². The average Bonchev–Trinajstić information content (AvgIpc) is 2.58. The third-order valence-electron chi connectivity index (χ3n) is 2.77. The molecule has 1 unspecified atom stereocenters. The predicted molar refractivity (Wildman–Crippen MR) is 62.6 cm³/mol. The number of ketones is 1. The van der Waals surface area contributed by atoms with Gasteiger partial charge in [0.2, 0.25) is 0 Å². The second-order valence-electron chi connectivity index (χ2n) is 4.06. The molecular formula is C12H18O7. The Hall–Kier alpha value is -1.79. The van der Waals surface area contributed by atoms with Crippen LogP contribution in [0.1, 0.15) is 27.2 Å². The molecule has 0 aliphatic heterocycles. The molecule has 7 nitrogen and oxygen atoms in total. The van der Waals surface area contributed by atoms with E-state index >= 15 is 0 Å². The molecule has 1 fully saturated rings. The molecule has 1 saturated carbocycles. The van der Waals surface area contributed by atoms with E-state index in [1.807, 2.05) is 0 Å². The van der Waals surface area contributed by atoms with Crippen molar-refractivity contribution >= 4 is 18.1 Å². The van der Waals surface area contributed by atoms with Gasteiger partial charge in [0, 0.05) is 6.42 Å². The standard InChI is InChI=1S/C12H18O7/c1-4-16-11(14)18-9-6-8(13)7(3)10(9)19-12(15)17-5-2/h7,9-10H,4-6H2,1-3H3/t7-,9?,10+/m0/s1. The van der Waals surface area contributed by atoms with Crippen LogP contribution in [0.15, 0.2) is 0 Å². The number of carbonyl (C=O) groups excluding carboxylic acids is 3. The monoisotopic (exact) mass is 274 g/mol. The average molecular weight is 274 g/mol. The molecule has 7 heteroatoms. The van der Waals surface area contributed by atoms with Crippen LogP contribution in [0.5, 0.6) is 0 Å². The Balaban J connectivity index is 2.64. The third-order valence-corrected chi connectivity index (χ3v) is 2.77. The van der Waals surface area contributed by atoms with Gasteiger partial charge in [-0.1, -0.05) is 6.92 Å². The van der Waals surface area contributed by atoms with Gasteiger partial charge in [-0.05, 0) is 13.8 Å². The molecule has 0 aromatic carbocycles. The van der Waals surface area contributed by atoms with Crippen LogP contribution >= 0.6 is 0 Å². The van der Waals surface area contributed by atoms with Gasteiger partial charge >= 0.3 is 12.3 Å². The van der Waals surface area contributed by atoms with Gasteiger partial charge in [0.1, 0.15) is 11.9 Å². The van der Waals surface area contributed by atoms with Gasteiger partial charge in [0.05, 0.1) is 19.1 Å². The van der Waals surface area contributed by atoms with E-state index < -0.39 is 30.4 Å². The Labute approximate surface area is 111 Å². The lowest BCUT2D eigenvalue weighted by Crippen LogP contribution is -2.34. The van der Waals surface area contributed by atoms with Gasteiger partial charge in [0.25, 0.3) is 0 Å². The van der Waals surface area contributed by atoms with E-state index in [9.17, 15) is 14.4 Å². The number of carbonyl (C=O) groups is 3. The van der Waals surface area contributed by atoms with Crippen molar-refractivity contribution in [3.63, 3.8) is 0 Å². The summed E-state index contributed by atoms with van der Waals surface area (Å²) >= 11 is 0. The van der Waals surface area contributed by atoms with E-state index in [2.05, 4.69) is 9.47 Å². The Morgan fingerprint density at radius 2 is 1.63 bits per heavy atom. The van der Waals surface area contributed by atoms with Crippen LogP contribution < -0.4 is 0 Å². The van der Waals surface area contributed by atoms with E-state index in [0.29, 0.717) is 0 Å². The predicted octanol–water partition coefficient (Wildman–Crippen LogP) is 1.68. The van der Waals surface area contributed by atoms with Gasteiger partial charge < -0.3 is 18.9 Å². The maximum Gasteiger partial charge on any atom is 0.508 e. The topological polar surface area (TPSA) is 88.1 Å². The van der Waals surface area contributed by atoms with Gasteiger partial charge in [-0.2, -0.15) is 0 Å². The van der Waals surface area contributed by atoms with Crippen molar-refractivity contribution in [3.05, 3.63) is 0 Å². The van der Waals surface area contributed by atoms with Crippen LogP contribution in [0.3, 0.4) is 0 Å². The van der Waals surface area contributed by atoms with Crippen LogP contribution in [-0.2, 0) is 23.7 Å². The number of hydrogen-bond acceptors (Lipinski definition) is 7. The van der Waals surface area contributed by atoms with Crippen LogP contribution in [-0.4, -0.2) is 43.5 Å². The fraction of sp³-hybridized carbons (Fsp3) is 0.750. The third kappa shape index (κ3) is 4.11. The zero-order chi connectivity index (χ0) is 14.4. The molecule has 0 amide bonds. The van der Waals surface area contributed by atoms with E-state index in [0.717, 1.165) is 0 Å². The van der Waals surface area contributed by atoms with Gasteiger partial charge in [0.15, 0.2) is 6.10 Å². The minimum atomic E-state index is -0.883. The lowest BCUT2D eigenvalue weighted by atomic mass is 10.1. The fourth-order valence-corrected chi connectivity index (χ4v) is 1.83. The Morgan fingerprint density at radius 3 is 2.16 bits per heavy atom. The summed E-state index contributed by atoms with van der Waals surface area (Å²) < 4.78 is 19.3. The summed E-state index contributed by atoms with van der Waals surface area (Å²) in [5.74, 6) is -0.674. The largest absolute Gasteiger partial charge is 0.508 e. The van der Waals surface area contributed by atoms with E-state index in [1.54, 1.807) is 20.8 Å². The summed E-state index contributed by atoms with van der Waals surface area (Å²) in [5.41, 5.74) is 0. The first kappa shape index (κ1) is 15.3. The molecule has 1 aliphatic rings. The van der Waals surface area contributed by atoms with E-state index in [4.69, 9.17) is 9.47 Å². The highest BCUT2D eigenvalue weighted by Crippen LogP contribution is 2.28. The Kier molecular flexibility index (Phi) is 5.59. The molecule has 1 aliphatic carbocycles. The van der Waals surface area contributed by atoms with Gasteiger partial charge in [-0.25, -0.2) is 9.59 Å². The molecule has 19 heavy (non-hydrogen) atoms. The first-order chi connectivity index (χ1) is 8.99. The van der Waals surface area contributed by atoms with Crippen molar-refractivity contribution in [2.75, 3.05) is 13.2 Å². The molecule has 0 aromatic heterocycles. The lowest BCUT2D eigenvalue weighted by Gasteiger charge is -2.21. The second kappa shape index (κ2) is 6.96. The van der Waals surface area contributed by atoms with Crippen LogP contribution in [0.25, 0.3) is 0 Å². The summed E-state index contributed by atoms with van der Waals surface area (Å²) in [6.45, 7) is 5.21. The number of hydrogen-bond donors (Lipinski definition) is 0. The summed E-state index contributed by atoms with van der Waals surface area (Å²) in [4.78, 5) is 34.1. The highest BCUT2D eigenvalue weighted by Gasteiger charge is 2.45. The molecule has 108 valence electrons. The maximum atomic E-state index is 11.6. The van der Waals surface area contributed by atoms with Crippen LogP contribution in [0.4, 0.5) is 9.59 Å². The number of rotatable bonds is 4. The lowest BCUT2D eigenvalue weighted by molar-refractivity contribution is -0.121. The SMILES string of the molecule is CCOC(=O)OC1CC(=O)[C@H](C)[C@H]1OC(=O)OCC. The molecule has 1 rings (SSSR count). The molecule has 3 atom stereocenters. The molecule has 0 aromatic rings. The summed E-state index contributed by atoms with van der Waals surface area (Å²) in [7, 11) is 0. The number of ether oxygens (including phenoxy) is 4. The summed E-state index contributed by atoms with van der Waals surface area (Å²) in [6.07, 6.45) is -3.43. The summed E-state index contributed by atoms with van der Waals surface area (Å²) in [5, 5.41) is 0. The smallest absolute Gasteiger partial charge is 0.435 e. The van der Waals surface area contributed by atoms with Crippen LogP contribution in [0.2, 0.25) is 0 Å². The molecular weight excluding hydrogens is 256 g/mol. The molecule has 0 bridgehead atoms. The Morgan fingerprint density at radius 1 is 1.11 bits per heavy atom. The van der Waals surface area contributed by atoms with Gasteiger partial charge in [-0.3, -0.25) is 4.79 Å². The zero-order valence-electron chi connectivity index (χ0n) is 11.2. The number of Topliss-reactive ketones (excluding diaryl/α,β-unsaturated/α-hetero) is 1. The minimum Gasteiger partial charge on any atom is -0.435 e. The highest BCUT2D eigenvalue weighted by atomic mass is 16.8. The minimum absolute atomic E-state index is 0.00402. The van der Waals surface area contributed by atoms with Crippen molar-refractivity contribution < 1.29 is 33.3 Å². The Bertz CT molecular complexity index is 352. The molecule has 0 saturated heterocycles. The maximum absolute atomic E-state index is 11.6. The van der Waals surface area contributed by atoms with E-state index in [1.165, 1.54) is 0 Å². The molecule has 0 heterocycles. The normalized spacial score (nSPS) is 25.8. The van der Waals surface area contributed by atoms with E-state index in [-0.39, 0.29) is 25.4 Å². The second-order valence-corrected chi connectivity index (χ2v) is 4.06. The quantitative estimate of drug-likeness (QED) is 0.720. The first-order valence-electron chi connectivity index (χ1n) is 6.19.